The number of anilines is 1. The molecule has 11 nitrogen and oxygen atoms in total. The Morgan fingerprint density at radius 1 is 1.06 bits per heavy atom. The van der Waals surface area contributed by atoms with Crippen LogP contribution in [0.4, 0.5) is 5.82 Å². The second-order valence-electron chi connectivity index (χ2n) is 7.73. The minimum absolute atomic E-state index is 0.0628. The molecule has 2 aromatic carbocycles. The van der Waals surface area contributed by atoms with Crippen LogP contribution in [-0.2, 0) is 4.74 Å². The van der Waals surface area contributed by atoms with Crippen molar-refractivity contribution in [2.75, 3.05) is 12.4 Å². The quantitative estimate of drug-likeness (QED) is 0.351. The first-order valence-electron chi connectivity index (χ1n) is 10.7. The Balaban J connectivity index is 1.57. The maximum atomic E-state index is 13.1. The van der Waals surface area contributed by atoms with Gasteiger partial charge in [0, 0.05) is 11.1 Å². The number of nitrogens with zero attached hydrogens (tertiary/aromatic N) is 5. The second kappa shape index (κ2) is 9.12. The fourth-order valence-corrected chi connectivity index (χ4v) is 3.81. The van der Waals surface area contributed by atoms with Gasteiger partial charge in [0.2, 0.25) is 5.95 Å². The van der Waals surface area contributed by atoms with Crippen LogP contribution in [0.5, 0.6) is 0 Å². The number of aryl methyl sites for hydroxylation is 1. The van der Waals surface area contributed by atoms with Gasteiger partial charge >= 0.3 is 5.97 Å². The van der Waals surface area contributed by atoms with Crippen molar-refractivity contribution in [1.82, 2.24) is 29.5 Å². The molecule has 12 heteroatoms. The van der Waals surface area contributed by atoms with Crippen LogP contribution in [0.3, 0.4) is 0 Å². The SMILES string of the molecule is COC(=O)c1ccccc1C(=O)Nc1cc(C)nn1-c1nc2c(cnn2-c2ccc(Cl)cc2)c(=O)[nH]1. The predicted molar refractivity (Wildman–Crippen MR) is 132 cm³/mol. The zero-order chi connectivity index (χ0) is 25.4. The van der Waals surface area contributed by atoms with E-state index >= 15 is 0 Å². The van der Waals surface area contributed by atoms with Crippen molar-refractivity contribution in [2.45, 2.75) is 6.92 Å². The molecule has 3 heterocycles. The minimum Gasteiger partial charge on any atom is -0.465 e. The van der Waals surface area contributed by atoms with E-state index in [0.717, 1.165) is 0 Å². The summed E-state index contributed by atoms with van der Waals surface area (Å²) in [7, 11) is 1.24. The van der Waals surface area contributed by atoms with Gasteiger partial charge in [0.15, 0.2) is 5.65 Å². The molecular formula is C24H18ClN7O4. The van der Waals surface area contributed by atoms with E-state index in [1.54, 1.807) is 49.4 Å². The van der Waals surface area contributed by atoms with Gasteiger partial charge < -0.3 is 10.1 Å². The average Bonchev–Trinajstić information content (AvgIpc) is 3.47. The molecule has 0 bridgehead atoms. The lowest BCUT2D eigenvalue weighted by molar-refractivity contribution is 0.0597. The van der Waals surface area contributed by atoms with E-state index in [0.29, 0.717) is 16.4 Å². The molecule has 0 aliphatic rings. The summed E-state index contributed by atoms with van der Waals surface area (Å²) in [5.41, 5.74) is 1.30. The molecule has 0 saturated heterocycles. The summed E-state index contributed by atoms with van der Waals surface area (Å²) in [6, 6.07) is 14.8. The number of rotatable bonds is 5. The first-order chi connectivity index (χ1) is 17.4. The molecule has 0 aliphatic heterocycles. The molecule has 0 radical (unpaired) electrons. The molecule has 5 rings (SSSR count). The van der Waals surface area contributed by atoms with Gasteiger partial charge in [-0.1, -0.05) is 23.7 Å². The number of aromatic nitrogens is 6. The topological polar surface area (TPSA) is 137 Å². The van der Waals surface area contributed by atoms with Crippen molar-refractivity contribution in [3.63, 3.8) is 0 Å². The summed E-state index contributed by atoms with van der Waals surface area (Å²) in [5, 5.41) is 12.2. The van der Waals surface area contributed by atoms with Gasteiger partial charge in [-0.15, -0.1) is 0 Å². The Morgan fingerprint density at radius 3 is 2.50 bits per heavy atom. The van der Waals surface area contributed by atoms with Crippen molar-refractivity contribution in [3.05, 3.63) is 93.0 Å². The van der Waals surface area contributed by atoms with Gasteiger partial charge in [-0.3, -0.25) is 14.6 Å². The summed E-state index contributed by atoms with van der Waals surface area (Å²) in [6.45, 7) is 1.73. The van der Waals surface area contributed by atoms with Crippen LogP contribution in [0.15, 0.2) is 65.6 Å². The Hall–Kier alpha value is -4.77. The van der Waals surface area contributed by atoms with Crippen molar-refractivity contribution >= 4 is 40.3 Å². The zero-order valence-corrected chi connectivity index (χ0v) is 19.8. The summed E-state index contributed by atoms with van der Waals surface area (Å²) < 4.78 is 7.58. The van der Waals surface area contributed by atoms with Gasteiger partial charge in [-0.05, 0) is 43.3 Å². The lowest BCUT2D eigenvalue weighted by atomic mass is 10.1. The number of carbonyl (C=O) groups is 2. The van der Waals surface area contributed by atoms with E-state index in [2.05, 4.69) is 25.5 Å². The molecule has 0 saturated carbocycles. The highest BCUT2D eigenvalue weighted by molar-refractivity contribution is 6.30. The highest BCUT2D eigenvalue weighted by Gasteiger charge is 2.21. The number of benzene rings is 2. The summed E-state index contributed by atoms with van der Waals surface area (Å²) in [6.07, 6.45) is 1.42. The van der Waals surface area contributed by atoms with Crippen molar-refractivity contribution in [2.24, 2.45) is 0 Å². The van der Waals surface area contributed by atoms with Crippen LogP contribution >= 0.6 is 11.6 Å². The second-order valence-corrected chi connectivity index (χ2v) is 8.17. The molecule has 36 heavy (non-hydrogen) atoms. The van der Waals surface area contributed by atoms with Crippen molar-refractivity contribution in [3.8, 4) is 11.6 Å². The molecule has 5 aromatic rings. The van der Waals surface area contributed by atoms with Crippen LogP contribution in [0, 0.1) is 6.92 Å². The van der Waals surface area contributed by atoms with Gasteiger partial charge in [-0.2, -0.15) is 19.9 Å². The van der Waals surface area contributed by atoms with E-state index < -0.39 is 17.4 Å². The number of hydrogen-bond donors (Lipinski definition) is 2. The predicted octanol–water partition coefficient (Wildman–Crippen LogP) is 3.30. The van der Waals surface area contributed by atoms with Crippen LogP contribution in [0.1, 0.15) is 26.4 Å². The molecule has 0 aliphatic carbocycles. The number of fused-ring (bicyclic) bond motifs is 1. The van der Waals surface area contributed by atoms with Gasteiger partial charge in [0.05, 0.1) is 35.8 Å². The number of aromatic amines is 1. The largest absolute Gasteiger partial charge is 0.465 e. The number of halogens is 1. The molecule has 180 valence electrons. The number of amides is 1. The molecule has 0 atom stereocenters. The van der Waals surface area contributed by atoms with Gasteiger partial charge in [0.1, 0.15) is 11.2 Å². The number of esters is 1. The zero-order valence-electron chi connectivity index (χ0n) is 19.0. The fourth-order valence-electron chi connectivity index (χ4n) is 3.68. The van der Waals surface area contributed by atoms with E-state index in [1.807, 2.05) is 0 Å². The average molecular weight is 504 g/mol. The van der Waals surface area contributed by atoms with Crippen LogP contribution < -0.4 is 10.9 Å². The van der Waals surface area contributed by atoms with E-state index in [4.69, 9.17) is 16.3 Å². The Bertz CT molecular complexity index is 1690. The number of carbonyl (C=O) groups excluding carboxylic acids is 2. The van der Waals surface area contributed by atoms with E-state index in [9.17, 15) is 14.4 Å². The minimum atomic E-state index is -0.641. The Kier molecular flexibility index (Phi) is 5.82. The van der Waals surface area contributed by atoms with E-state index in [-0.39, 0.29) is 33.9 Å². The highest BCUT2D eigenvalue weighted by atomic mass is 35.5. The summed E-state index contributed by atoms with van der Waals surface area (Å²) in [4.78, 5) is 45.3. The third-order valence-corrected chi connectivity index (χ3v) is 5.60. The first-order valence-corrected chi connectivity index (χ1v) is 11.0. The lowest BCUT2D eigenvalue weighted by Gasteiger charge is -2.10. The number of ether oxygens (including phenoxy) is 1. The number of hydrogen-bond acceptors (Lipinski definition) is 7. The molecule has 0 unspecified atom stereocenters. The smallest absolute Gasteiger partial charge is 0.338 e. The standard InChI is InChI=1S/C24H18ClN7O4/c1-13-11-19(27-21(33)16-5-3-4-6-17(16)23(35)36-2)32(30-13)24-28-20-18(22(34)29-24)12-26-31(20)15-9-7-14(25)8-10-15/h3-12H,1-2H3,(H,27,33)(H,28,29,34). The normalized spacial score (nSPS) is 11.0. The lowest BCUT2D eigenvalue weighted by Crippen LogP contribution is -2.21. The van der Waals surface area contributed by atoms with Gasteiger partial charge in [-0.25, -0.2) is 9.48 Å². The molecule has 0 fully saturated rings. The van der Waals surface area contributed by atoms with Crippen LogP contribution in [0.25, 0.3) is 22.7 Å². The molecule has 1 amide bonds. The summed E-state index contributed by atoms with van der Waals surface area (Å²) >= 11 is 5.99. The number of H-pyrrole nitrogens is 1. The molecule has 2 N–H and O–H groups in total. The van der Waals surface area contributed by atoms with Crippen LogP contribution in [-0.4, -0.2) is 48.5 Å². The third-order valence-electron chi connectivity index (χ3n) is 5.35. The Labute approximate surface area is 208 Å². The monoisotopic (exact) mass is 503 g/mol. The Morgan fingerprint density at radius 2 is 1.78 bits per heavy atom. The van der Waals surface area contributed by atoms with E-state index in [1.165, 1.54) is 34.8 Å². The summed E-state index contributed by atoms with van der Waals surface area (Å²) in [5.74, 6) is -0.908. The highest BCUT2D eigenvalue weighted by Crippen LogP contribution is 2.20. The third kappa shape index (κ3) is 4.12. The molecule has 3 aromatic heterocycles. The van der Waals surface area contributed by atoms with Crippen molar-refractivity contribution in [1.29, 1.82) is 0 Å². The van der Waals surface area contributed by atoms with Crippen LogP contribution in [0.2, 0.25) is 5.02 Å². The van der Waals surface area contributed by atoms with Crippen molar-refractivity contribution < 1.29 is 14.3 Å². The maximum absolute atomic E-state index is 13.1. The maximum Gasteiger partial charge on any atom is 0.338 e. The van der Waals surface area contributed by atoms with Gasteiger partial charge in [0.25, 0.3) is 11.5 Å². The number of nitrogens with one attached hydrogen (secondary N) is 2. The first kappa shape index (κ1) is 23.0. The number of methoxy groups -OCH3 is 1. The molecule has 0 spiro atoms. The molecular weight excluding hydrogens is 486 g/mol. The fraction of sp³-hybridized carbons (Fsp3) is 0.0833.